The van der Waals surface area contributed by atoms with Crippen molar-refractivity contribution < 1.29 is 9.90 Å². The van der Waals surface area contributed by atoms with Crippen LogP contribution in [-0.2, 0) is 23.3 Å². The predicted molar refractivity (Wildman–Crippen MR) is 110 cm³/mol. The van der Waals surface area contributed by atoms with Gasteiger partial charge in [0.25, 0.3) is 5.91 Å². The lowest BCUT2D eigenvalue weighted by atomic mass is 9.77. The van der Waals surface area contributed by atoms with Crippen LogP contribution in [0.2, 0.25) is 5.02 Å². The van der Waals surface area contributed by atoms with Gasteiger partial charge in [-0.1, -0.05) is 54.1 Å². The molecule has 0 bridgehead atoms. The highest BCUT2D eigenvalue weighted by Crippen LogP contribution is 2.49. The Kier molecular flexibility index (Phi) is 3.93. The van der Waals surface area contributed by atoms with Gasteiger partial charge in [-0.25, -0.2) is 0 Å². The molecule has 1 unspecified atom stereocenters. The fourth-order valence-electron chi connectivity index (χ4n) is 4.50. The maximum atomic E-state index is 13.9. The van der Waals surface area contributed by atoms with Gasteiger partial charge < -0.3 is 10.0 Å². The number of nitrogens with zero attached hydrogens (tertiary/aromatic N) is 1. The average molecular weight is 391 g/mol. The molecule has 5 heteroatoms. The number of rotatable bonds is 2. The average Bonchev–Trinajstić information content (AvgIpc) is 2.93. The summed E-state index contributed by atoms with van der Waals surface area (Å²) in [6.07, 6.45) is 0.776. The van der Waals surface area contributed by atoms with Crippen LogP contribution in [0.15, 0.2) is 66.7 Å². The normalized spacial score (nSPS) is 20.3. The number of phenols is 1. The molecule has 4 nitrogen and oxygen atoms in total. The molecule has 0 aromatic heterocycles. The molecular weight excluding hydrogens is 372 g/mol. The minimum absolute atomic E-state index is 0.0638. The monoisotopic (exact) mass is 390 g/mol. The van der Waals surface area contributed by atoms with Gasteiger partial charge >= 0.3 is 0 Å². The number of phenolic OH excluding ortho intramolecular Hbond substituents is 1. The second-order valence-electron chi connectivity index (χ2n) is 7.27. The van der Waals surface area contributed by atoms with E-state index in [9.17, 15) is 9.90 Å². The molecule has 0 fully saturated rings. The number of amides is 1. The second kappa shape index (κ2) is 6.36. The van der Waals surface area contributed by atoms with E-state index in [0.29, 0.717) is 23.7 Å². The highest BCUT2D eigenvalue weighted by atomic mass is 35.5. The summed E-state index contributed by atoms with van der Waals surface area (Å²) in [4.78, 5) is 15.7. The number of nitrogens with one attached hydrogen (secondary N) is 1. The highest BCUT2D eigenvalue weighted by molar-refractivity contribution is 6.30. The molecule has 0 aliphatic carbocycles. The first-order valence-corrected chi connectivity index (χ1v) is 9.71. The van der Waals surface area contributed by atoms with E-state index < -0.39 is 5.54 Å². The molecule has 0 saturated heterocycles. The summed E-state index contributed by atoms with van der Waals surface area (Å²) in [5, 5.41) is 14.8. The van der Waals surface area contributed by atoms with Crippen LogP contribution in [0, 0.1) is 0 Å². The Labute approximate surface area is 168 Å². The lowest BCUT2D eigenvalue weighted by molar-refractivity contribution is -0.123. The first-order chi connectivity index (χ1) is 13.6. The van der Waals surface area contributed by atoms with Gasteiger partial charge in [0.15, 0.2) is 5.54 Å². The summed E-state index contributed by atoms with van der Waals surface area (Å²) in [7, 11) is 0. The van der Waals surface area contributed by atoms with E-state index >= 15 is 0 Å². The smallest absolute Gasteiger partial charge is 0.257 e. The zero-order valence-electron chi connectivity index (χ0n) is 15.2. The van der Waals surface area contributed by atoms with Crippen LogP contribution >= 0.6 is 11.6 Å². The van der Waals surface area contributed by atoms with Gasteiger partial charge in [-0.2, -0.15) is 0 Å². The second-order valence-corrected chi connectivity index (χ2v) is 7.71. The largest absolute Gasteiger partial charge is 0.508 e. The van der Waals surface area contributed by atoms with Gasteiger partial charge in [0.1, 0.15) is 5.75 Å². The van der Waals surface area contributed by atoms with E-state index in [4.69, 9.17) is 11.6 Å². The summed E-state index contributed by atoms with van der Waals surface area (Å²) in [5.41, 5.74) is 3.38. The summed E-state index contributed by atoms with van der Waals surface area (Å²) in [6, 6.07) is 20.8. The number of anilines is 1. The third-order valence-corrected chi connectivity index (χ3v) is 5.96. The van der Waals surface area contributed by atoms with E-state index in [2.05, 4.69) is 5.32 Å². The number of hydrogen-bond donors (Lipinski definition) is 2. The van der Waals surface area contributed by atoms with E-state index in [-0.39, 0.29) is 11.7 Å². The molecule has 3 aromatic rings. The molecule has 2 heterocycles. The lowest BCUT2D eigenvalue weighted by Crippen LogP contribution is -2.54. The molecule has 1 atom stereocenters. The van der Waals surface area contributed by atoms with Gasteiger partial charge in [-0.05, 0) is 41.8 Å². The molecule has 140 valence electrons. The topological polar surface area (TPSA) is 52.6 Å². The van der Waals surface area contributed by atoms with Crippen LogP contribution in [0.25, 0.3) is 0 Å². The zero-order valence-corrected chi connectivity index (χ0v) is 15.9. The third kappa shape index (κ3) is 2.38. The highest BCUT2D eigenvalue weighted by Gasteiger charge is 2.55. The Bertz CT molecular complexity index is 1080. The van der Waals surface area contributed by atoms with Crippen molar-refractivity contribution in [2.24, 2.45) is 0 Å². The van der Waals surface area contributed by atoms with Crippen LogP contribution in [-0.4, -0.2) is 17.6 Å². The van der Waals surface area contributed by atoms with E-state index in [1.54, 1.807) is 11.0 Å². The molecule has 1 amide bonds. The maximum Gasteiger partial charge on any atom is 0.257 e. The number of aromatic hydroxyl groups is 1. The fourth-order valence-corrected chi connectivity index (χ4v) is 4.62. The van der Waals surface area contributed by atoms with Gasteiger partial charge in [0.05, 0.1) is 12.2 Å². The number of benzene rings is 3. The van der Waals surface area contributed by atoms with Crippen molar-refractivity contribution in [3.8, 4) is 5.75 Å². The molecule has 28 heavy (non-hydrogen) atoms. The van der Waals surface area contributed by atoms with Crippen molar-refractivity contribution in [2.45, 2.75) is 18.5 Å². The van der Waals surface area contributed by atoms with Crippen LogP contribution < -0.4 is 10.2 Å². The minimum Gasteiger partial charge on any atom is -0.508 e. The lowest BCUT2D eigenvalue weighted by Gasteiger charge is -2.36. The predicted octanol–water partition coefficient (Wildman–Crippen LogP) is 3.98. The van der Waals surface area contributed by atoms with Crippen molar-refractivity contribution in [3.05, 3.63) is 94.0 Å². The Morgan fingerprint density at radius 2 is 1.82 bits per heavy atom. The molecule has 0 saturated carbocycles. The minimum atomic E-state index is -1.05. The van der Waals surface area contributed by atoms with Crippen molar-refractivity contribution in [3.63, 3.8) is 0 Å². The Balaban J connectivity index is 1.68. The van der Waals surface area contributed by atoms with Gasteiger partial charge in [-0.15, -0.1) is 0 Å². The number of carbonyl (C=O) groups excluding carboxylic acids is 1. The number of carbonyl (C=O) groups is 1. The Morgan fingerprint density at radius 1 is 1.04 bits per heavy atom. The molecule has 5 rings (SSSR count). The number of hydrogen-bond acceptors (Lipinski definition) is 3. The maximum absolute atomic E-state index is 13.9. The molecule has 2 aliphatic heterocycles. The standard InChI is InChI=1S/C23H19ClN2O2/c24-17-10-8-15(9-11-17)14-26-19-6-2-1-5-18(19)23(22(26)28)21-16(12-13-25-23)4-3-7-20(21)27/h1-11,25,27H,12-14H2. The van der Waals surface area contributed by atoms with Crippen LogP contribution in [0.4, 0.5) is 5.69 Å². The fraction of sp³-hybridized carbons (Fsp3) is 0.174. The van der Waals surface area contributed by atoms with E-state index in [1.807, 2.05) is 60.7 Å². The molecule has 2 N–H and O–H groups in total. The third-order valence-electron chi connectivity index (χ3n) is 5.71. The van der Waals surface area contributed by atoms with E-state index in [1.165, 1.54) is 0 Å². The first-order valence-electron chi connectivity index (χ1n) is 9.33. The SMILES string of the molecule is O=C1N(Cc2ccc(Cl)cc2)c2ccccc2C12NCCc1cccc(O)c12. The number of halogens is 1. The van der Waals surface area contributed by atoms with Crippen LogP contribution in [0.5, 0.6) is 5.75 Å². The molecular formula is C23H19ClN2O2. The van der Waals surface area contributed by atoms with Crippen molar-refractivity contribution >= 4 is 23.2 Å². The van der Waals surface area contributed by atoms with Crippen molar-refractivity contribution in [1.82, 2.24) is 5.32 Å². The molecule has 0 radical (unpaired) electrons. The number of fused-ring (bicyclic) bond motifs is 4. The summed E-state index contributed by atoms with van der Waals surface area (Å²) in [6.45, 7) is 1.12. The Morgan fingerprint density at radius 3 is 2.64 bits per heavy atom. The summed E-state index contributed by atoms with van der Waals surface area (Å²) >= 11 is 6.01. The van der Waals surface area contributed by atoms with Crippen molar-refractivity contribution in [1.29, 1.82) is 0 Å². The van der Waals surface area contributed by atoms with Crippen LogP contribution in [0.1, 0.15) is 22.3 Å². The van der Waals surface area contributed by atoms with Gasteiger partial charge in [0, 0.05) is 22.7 Å². The van der Waals surface area contributed by atoms with Gasteiger partial charge in [0.2, 0.25) is 0 Å². The van der Waals surface area contributed by atoms with Crippen LogP contribution in [0.3, 0.4) is 0 Å². The number of para-hydroxylation sites is 1. The first kappa shape index (κ1) is 17.3. The molecule has 3 aromatic carbocycles. The summed E-state index contributed by atoms with van der Waals surface area (Å²) in [5.74, 6) is 0.0901. The molecule has 2 aliphatic rings. The quantitative estimate of drug-likeness (QED) is 0.695. The van der Waals surface area contributed by atoms with E-state index in [0.717, 1.165) is 28.8 Å². The Hall–Kier alpha value is -2.82. The molecule has 1 spiro atoms. The summed E-state index contributed by atoms with van der Waals surface area (Å²) < 4.78 is 0. The van der Waals surface area contributed by atoms with Gasteiger partial charge in [-0.3, -0.25) is 10.1 Å². The zero-order chi connectivity index (χ0) is 19.3. The van der Waals surface area contributed by atoms with Crippen molar-refractivity contribution in [2.75, 3.05) is 11.4 Å².